The molecule has 1 fully saturated rings. The number of anilines is 2. The minimum Gasteiger partial charge on any atom is -0.497 e. The van der Waals surface area contributed by atoms with Gasteiger partial charge >= 0.3 is 6.03 Å². The van der Waals surface area contributed by atoms with E-state index in [-0.39, 0.29) is 18.5 Å². The Balaban J connectivity index is 1.84. The number of ether oxygens (including phenoxy) is 2. The van der Waals surface area contributed by atoms with Crippen LogP contribution in [-0.2, 0) is 16.1 Å². The molecule has 3 rings (SSSR count). The summed E-state index contributed by atoms with van der Waals surface area (Å²) in [4.78, 5) is 28.7. The van der Waals surface area contributed by atoms with E-state index in [1.807, 2.05) is 24.3 Å². The van der Waals surface area contributed by atoms with E-state index in [9.17, 15) is 9.59 Å². The van der Waals surface area contributed by atoms with Gasteiger partial charge in [-0.15, -0.1) is 0 Å². The van der Waals surface area contributed by atoms with Gasteiger partial charge in [-0.1, -0.05) is 23.7 Å². The molecule has 1 aliphatic heterocycles. The van der Waals surface area contributed by atoms with Gasteiger partial charge < -0.3 is 19.7 Å². The van der Waals surface area contributed by atoms with Crippen molar-refractivity contribution in [2.75, 3.05) is 44.1 Å². The van der Waals surface area contributed by atoms with Crippen LogP contribution in [0.4, 0.5) is 16.2 Å². The maximum absolute atomic E-state index is 13.2. The fourth-order valence-electron chi connectivity index (χ4n) is 3.30. The lowest BCUT2D eigenvalue weighted by atomic mass is 10.1. The number of carbonyl (C=O) groups excluding carboxylic acids is 2. The van der Waals surface area contributed by atoms with E-state index in [0.717, 1.165) is 12.0 Å². The third-order valence-corrected chi connectivity index (χ3v) is 4.85. The third kappa shape index (κ3) is 5.19. The van der Waals surface area contributed by atoms with Crippen LogP contribution in [0.2, 0.25) is 5.02 Å². The predicted octanol–water partition coefficient (Wildman–Crippen LogP) is 3.77. The molecule has 1 N–H and O–H groups in total. The quantitative estimate of drug-likeness (QED) is 0.744. The first-order valence-corrected chi connectivity index (χ1v) is 9.67. The number of hydrogen-bond acceptors (Lipinski definition) is 4. The summed E-state index contributed by atoms with van der Waals surface area (Å²) in [5.74, 6) is 0.281. The lowest BCUT2D eigenvalue weighted by Gasteiger charge is -2.36. The van der Waals surface area contributed by atoms with Crippen molar-refractivity contribution in [1.29, 1.82) is 0 Å². The van der Waals surface area contributed by atoms with Crippen LogP contribution >= 0.6 is 11.6 Å². The number of carbonyl (C=O) groups is 2. The Morgan fingerprint density at radius 3 is 2.72 bits per heavy atom. The predicted molar refractivity (Wildman–Crippen MR) is 113 cm³/mol. The van der Waals surface area contributed by atoms with Gasteiger partial charge in [-0.25, -0.2) is 4.79 Å². The smallest absolute Gasteiger partial charge is 0.324 e. The van der Waals surface area contributed by atoms with Gasteiger partial charge in [-0.3, -0.25) is 9.69 Å². The van der Waals surface area contributed by atoms with Crippen molar-refractivity contribution in [1.82, 2.24) is 4.90 Å². The van der Waals surface area contributed by atoms with E-state index in [4.69, 9.17) is 21.1 Å². The number of nitrogens with one attached hydrogen (secondary N) is 1. The zero-order valence-electron chi connectivity index (χ0n) is 16.5. The van der Waals surface area contributed by atoms with Gasteiger partial charge in [0.15, 0.2) is 0 Å². The topological polar surface area (TPSA) is 71.1 Å². The van der Waals surface area contributed by atoms with Crippen LogP contribution in [0.25, 0.3) is 0 Å². The molecule has 0 radical (unpaired) electrons. The molecule has 1 aliphatic rings. The Morgan fingerprint density at radius 1 is 1.17 bits per heavy atom. The molecule has 29 heavy (non-hydrogen) atoms. The Morgan fingerprint density at radius 2 is 2.00 bits per heavy atom. The average Bonchev–Trinajstić information content (AvgIpc) is 2.70. The van der Waals surface area contributed by atoms with Crippen molar-refractivity contribution in [3.63, 3.8) is 0 Å². The Labute approximate surface area is 175 Å². The van der Waals surface area contributed by atoms with E-state index in [2.05, 4.69) is 5.32 Å². The number of hydrogen-bond donors (Lipinski definition) is 1. The average molecular weight is 418 g/mol. The summed E-state index contributed by atoms with van der Waals surface area (Å²) in [6.07, 6.45) is 0.809. The van der Waals surface area contributed by atoms with Crippen LogP contribution in [0.1, 0.15) is 12.0 Å². The van der Waals surface area contributed by atoms with Gasteiger partial charge in [-0.2, -0.15) is 0 Å². The van der Waals surface area contributed by atoms with Gasteiger partial charge in [0.05, 0.1) is 18.5 Å². The molecule has 2 aromatic rings. The van der Waals surface area contributed by atoms with Crippen LogP contribution in [0.5, 0.6) is 5.75 Å². The van der Waals surface area contributed by atoms with Gasteiger partial charge in [0.2, 0.25) is 5.91 Å². The zero-order valence-corrected chi connectivity index (χ0v) is 17.2. The molecule has 0 unspecified atom stereocenters. The molecule has 0 aliphatic carbocycles. The normalized spacial score (nSPS) is 14.1. The maximum atomic E-state index is 13.2. The summed E-state index contributed by atoms with van der Waals surface area (Å²) in [5, 5.41) is 3.44. The van der Waals surface area contributed by atoms with Crippen LogP contribution in [0, 0.1) is 0 Å². The molecule has 0 aromatic heterocycles. The summed E-state index contributed by atoms with van der Waals surface area (Å²) in [7, 11) is 3.00. The van der Waals surface area contributed by atoms with E-state index in [1.165, 1.54) is 7.11 Å². The first-order valence-electron chi connectivity index (χ1n) is 9.29. The lowest BCUT2D eigenvalue weighted by molar-refractivity contribution is -0.119. The van der Waals surface area contributed by atoms with Crippen molar-refractivity contribution in [2.24, 2.45) is 0 Å². The zero-order chi connectivity index (χ0) is 20.8. The summed E-state index contributed by atoms with van der Waals surface area (Å²) >= 11 is 6.07. The highest BCUT2D eigenvalue weighted by Crippen LogP contribution is 2.32. The van der Waals surface area contributed by atoms with Crippen LogP contribution in [-0.4, -0.2) is 50.8 Å². The molecular formula is C21H24ClN3O4. The molecule has 0 saturated carbocycles. The molecular weight excluding hydrogens is 394 g/mol. The van der Waals surface area contributed by atoms with Gasteiger partial charge in [0.1, 0.15) is 12.4 Å². The highest BCUT2D eigenvalue weighted by molar-refractivity contribution is 6.30. The Kier molecular flexibility index (Phi) is 6.95. The lowest BCUT2D eigenvalue weighted by Crippen LogP contribution is -2.49. The largest absolute Gasteiger partial charge is 0.497 e. The molecule has 2 aromatic carbocycles. The van der Waals surface area contributed by atoms with Crippen molar-refractivity contribution in [3.8, 4) is 5.75 Å². The summed E-state index contributed by atoms with van der Waals surface area (Å²) in [5.41, 5.74) is 2.09. The van der Waals surface area contributed by atoms with E-state index < -0.39 is 0 Å². The van der Waals surface area contributed by atoms with Gasteiger partial charge in [-0.05, 0) is 36.2 Å². The number of rotatable bonds is 7. The second kappa shape index (κ2) is 9.62. The molecule has 0 bridgehead atoms. The highest BCUT2D eigenvalue weighted by atomic mass is 35.5. The minimum atomic E-state index is -0.303. The van der Waals surface area contributed by atoms with Crippen LogP contribution < -0.4 is 15.0 Å². The van der Waals surface area contributed by atoms with E-state index in [0.29, 0.717) is 41.8 Å². The molecule has 1 saturated heterocycles. The summed E-state index contributed by atoms with van der Waals surface area (Å²) in [6.45, 7) is 1.61. The number of benzene rings is 2. The molecule has 7 nitrogen and oxygen atoms in total. The molecule has 154 valence electrons. The standard InChI is InChI=1S/C21H24ClN3O4/c1-28-14-20(26)23-18-12-17(29-2)7-8-19(18)25-10-4-9-24(21(25)27)13-15-5-3-6-16(22)11-15/h3,5-8,11-12H,4,9-10,13-14H2,1-2H3,(H,23,26). The van der Waals surface area contributed by atoms with Crippen molar-refractivity contribution >= 4 is 34.9 Å². The summed E-state index contributed by atoms with van der Waals surface area (Å²) in [6, 6.07) is 12.6. The number of urea groups is 1. The van der Waals surface area contributed by atoms with Crippen LogP contribution in [0.15, 0.2) is 42.5 Å². The monoisotopic (exact) mass is 417 g/mol. The Hall–Kier alpha value is -2.77. The highest BCUT2D eigenvalue weighted by Gasteiger charge is 2.29. The number of methoxy groups -OCH3 is 2. The fraction of sp³-hybridized carbons (Fsp3) is 0.333. The second-order valence-electron chi connectivity index (χ2n) is 6.70. The first kappa shape index (κ1) is 21.0. The van der Waals surface area contributed by atoms with Crippen molar-refractivity contribution in [2.45, 2.75) is 13.0 Å². The van der Waals surface area contributed by atoms with Crippen LogP contribution in [0.3, 0.4) is 0 Å². The second-order valence-corrected chi connectivity index (χ2v) is 7.14. The third-order valence-electron chi connectivity index (χ3n) is 4.62. The molecule has 8 heteroatoms. The van der Waals surface area contributed by atoms with E-state index in [1.54, 1.807) is 35.1 Å². The van der Waals surface area contributed by atoms with E-state index >= 15 is 0 Å². The molecule has 0 spiro atoms. The van der Waals surface area contributed by atoms with Gasteiger partial charge in [0, 0.05) is 37.8 Å². The molecule has 1 heterocycles. The number of nitrogens with zero attached hydrogens (tertiary/aromatic N) is 2. The summed E-state index contributed by atoms with van der Waals surface area (Å²) < 4.78 is 10.2. The Bertz CT molecular complexity index is 890. The number of halogens is 1. The molecule has 0 atom stereocenters. The fourth-order valence-corrected chi connectivity index (χ4v) is 3.52. The van der Waals surface area contributed by atoms with Crippen molar-refractivity contribution in [3.05, 3.63) is 53.1 Å². The minimum absolute atomic E-state index is 0.0779. The van der Waals surface area contributed by atoms with Crippen molar-refractivity contribution < 1.29 is 19.1 Å². The SMILES string of the molecule is COCC(=O)Nc1cc(OC)ccc1N1CCCN(Cc2cccc(Cl)c2)C1=O. The first-order chi connectivity index (χ1) is 14.0. The van der Waals surface area contributed by atoms with Gasteiger partial charge in [0.25, 0.3) is 0 Å². The number of amides is 3. The maximum Gasteiger partial charge on any atom is 0.324 e. The molecule has 3 amide bonds.